The molecule has 0 bridgehead atoms. The lowest BCUT2D eigenvalue weighted by molar-refractivity contribution is 0.102. The zero-order chi connectivity index (χ0) is 18.1. The van der Waals surface area contributed by atoms with E-state index in [1.807, 2.05) is 91.3 Å². The second-order valence-electron chi connectivity index (χ2n) is 6.45. The Morgan fingerprint density at radius 2 is 1.88 bits per heavy atom. The number of carbonyl (C=O) groups is 1. The summed E-state index contributed by atoms with van der Waals surface area (Å²) in [7, 11) is 0. The maximum absolute atomic E-state index is 12.6. The zero-order valence-electron chi connectivity index (χ0n) is 14.7. The summed E-state index contributed by atoms with van der Waals surface area (Å²) in [6.45, 7) is 3.93. The van der Waals surface area contributed by atoms with Crippen molar-refractivity contribution in [2.24, 2.45) is 0 Å². The number of fused-ring (bicyclic) bond motifs is 1. The lowest BCUT2D eigenvalue weighted by Crippen LogP contribution is -2.13. The molecule has 0 saturated heterocycles. The number of imidazole rings is 1. The molecule has 0 atom stereocenters. The Hall–Kier alpha value is -3.40. The smallest absolute Gasteiger partial charge is 0.255 e. The van der Waals surface area contributed by atoms with Crippen LogP contribution in [0.5, 0.6) is 0 Å². The van der Waals surface area contributed by atoms with Crippen LogP contribution in [0.15, 0.2) is 73.1 Å². The van der Waals surface area contributed by atoms with Gasteiger partial charge in [0.05, 0.1) is 5.69 Å². The molecule has 0 aliphatic carbocycles. The molecule has 128 valence electrons. The number of benzene rings is 2. The standard InChI is InChI=1S/C22H19N3O/c1-15-9-10-16(2)19(12-15)22(26)23-18-7-5-6-17(13-18)20-14-25-11-4-3-8-21(25)24-20/h3-14H,1-2H3,(H,23,26). The van der Waals surface area contributed by atoms with E-state index in [1.165, 1.54) is 0 Å². The van der Waals surface area contributed by atoms with Crippen molar-refractivity contribution >= 4 is 17.2 Å². The van der Waals surface area contributed by atoms with Crippen molar-refractivity contribution in [1.82, 2.24) is 9.38 Å². The number of nitrogens with one attached hydrogen (secondary N) is 1. The van der Waals surface area contributed by atoms with Crippen LogP contribution in [0.3, 0.4) is 0 Å². The van der Waals surface area contributed by atoms with Crippen LogP contribution in [0.1, 0.15) is 21.5 Å². The third-order valence-electron chi connectivity index (χ3n) is 4.42. The summed E-state index contributed by atoms with van der Waals surface area (Å²) in [5.74, 6) is -0.0987. The lowest BCUT2D eigenvalue weighted by atomic mass is 10.0. The number of aryl methyl sites for hydroxylation is 2. The van der Waals surface area contributed by atoms with E-state index in [0.717, 1.165) is 33.7 Å². The summed E-state index contributed by atoms with van der Waals surface area (Å²) in [6.07, 6.45) is 3.96. The van der Waals surface area contributed by atoms with Gasteiger partial charge >= 0.3 is 0 Å². The maximum Gasteiger partial charge on any atom is 0.255 e. The van der Waals surface area contributed by atoms with Crippen molar-refractivity contribution in [3.8, 4) is 11.3 Å². The highest BCUT2D eigenvalue weighted by Gasteiger charge is 2.11. The van der Waals surface area contributed by atoms with E-state index in [-0.39, 0.29) is 5.91 Å². The minimum Gasteiger partial charge on any atom is -0.322 e. The van der Waals surface area contributed by atoms with Crippen molar-refractivity contribution in [3.63, 3.8) is 0 Å². The molecule has 0 aliphatic heterocycles. The van der Waals surface area contributed by atoms with Crippen molar-refractivity contribution in [2.45, 2.75) is 13.8 Å². The second kappa shape index (κ2) is 6.48. The predicted molar refractivity (Wildman–Crippen MR) is 104 cm³/mol. The van der Waals surface area contributed by atoms with E-state index in [9.17, 15) is 4.79 Å². The van der Waals surface area contributed by atoms with Crippen molar-refractivity contribution in [3.05, 3.63) is 89.7 Å². The van der Waals surface area contributed by atoms with Crippen LogP contribution in [0, 0.1) is 13.8 Å². The molecule has 2 aromatic heterocycles. The van der Waals surface area contributed by atoms with Gasteiger partial charge in [-0.3, -0.25) is 4.79 Å². The quantitative estimate of drug-likeness (QED) is 0.578. The van der Waals surface area contributed by atoms with Crippen LogP contribution in [-0.4, -0.2) is 15.3 Å². The minimum absolute atomic E-state index is 0.0987. The van der Waals surface area contributed by atoms with Gasteiger partial charge in [0.25, 0.3) is 5.91 Å². The highest BCUT2D eigenvalue weighted by molar-refractivity contribution is 6.05. The summed E-state index contributed by atoms with van der Waals surface area (Å²) in [5.41, 5.74) is 6.22. The minimum atomic E-state index is -0.0987. The number of anilines is 1. The third kappa shape index (κ3) is 3.09. The Labute approximate surface area is 152 Å². The summed E-state index contributed by atoms with van der Waals surface area (Å²) in [5, 5.41) is 3.00. The molecule has 2 heterocycles. The Kier molecular flexibility index (Phi) is 4.01. The number of pyridine rings is 1. The first-order chi connectivity index (χ1) is 12.6. The first-order valence-electron chi connectivity index (χ1n) is 8.53. The number of aromatic nitrogens is 2. The molecule has 4 nitrogen and oxygen atoms in total. The SMILES string of the molecule is Cc1ccc(C)c(C(=O)Nc2cccc(-c3cn4ccccc4n3)c2)c1. The average Bonchev–Trinajstić information content (AvgIpc) is 3.08. The number of hydrogen-bond acceptors (Lipinski definition) is 2. The second-order valence-corrected chi connectivity index (χ2v) is 6.45. The van der Waals surface area contributed by atoms with Gasteiger partial charge in [0.15, 0.2) is 0 Å². The molecular formula is C22H19N3O. The average molecular weight is 341 g/mol. The summed E-state index contributed by atoms with van der Waals surface area (Å²) >= 11 is 0. The number of nitrogens with zero attached hydrogens (tertiary/aromatic N) is 2. The number of rotatable bonds is 3. The van der Waals surface area contributed by atoms with Crippen LogP contribution >= 0.6 is 0 Å². The molecular weight excluding hydrogens is 322 g/mol. The van der Waals surface area contributed by atoms with E-state index in [4.69, 9.17) is 0 Å². The first-order valence-corrected chi connectivity index (χ1v) is 8.53. The Morgan fingerprint density at radius 3 is 2.73 bits per heavy atom. The number of carbonyl (C=O) groups excluding carboxylic acids is 1. The maximum atomic E-state index is 12.6. The molecule has 0 spiro atoms. The molecule has 0 unspecified atom stereocenters. The summed E-state index contributed by atoms with van der Waals surface area (Å²) < 4.78 is 1.98. The highest BCUT2D eigenvalue weighted by atomic mass is 16.1. The van der Waals surface area contributed by atoms with Crippen LogP contribution < -0.4 is 5.32 Å². The molecule has 0 radical (unpaired) electrons. The van der Waals surface area contributed by atoms with Gasteiger partial charge in [0.2, 0.25) is 0 Å². The molecule has 4 heteroatoms. The van der Waals surface area contributed by atoms with Gasteiger partial charge in [-0.1, -0.05) is 35.9 Å². The van der Waals surface area contributed by atoms with Gasteiger partial charge in [0, 0.05) is 29.2 Å². The molecule has 26 heavy (non-hydrogen) atoms. The van der Waals surface area contributed by atoms with Crippen LogP contribution in [0.25, 0.3) is 16.9 Å². The van der Waals surface area contributed by atoms with Crippen LogP contribution in [0.4, 0.5) is 5.69 Å². The fraction of sp³-hybridized carbons (Fsp3) is 0.0909. The molecule has 4 aromatic rings. The van der Waals surface area contributed by atoms with Gasteiger partial charge in [0.1, 0.15) is 5.65 Å². The third-order valence-corrected chi connectivity index (χ3v) is 4.42. The van der Waals surface area contributed by atoms with Gasteiger partial charge < -0.3 is 9.72 Å². The van der Waals surface area contributed by atoms with Crippen LogP contribution in [-0.2, 0) is 0 Å². The Balaban J connectivity index is 1.63. The fourth-order valence-corrected chi connectivity index (χ4v) is 3.01. The number of hydrogen-bond donors (Lipinski definition) is 1. The Morgan fingerprint density at radius 1 is 1.00 bits per heavy atom. The van der Waals surface area contributed by atoms with E-state index >= 15 is 0 Å². The van der Waals surface area contributed by atoms with E-state index in [2.05, 4.69) is 10.3 Å². The van der Waals surface area contributed by atoms with Crippen molar-refractivity contribution < 1.29 is 4.79 Å². The summed E-state index contributed by atoms with van der Waals surface area (Å²) in [6, 6.07) is 19.6. The predicted octanol–water partition coefficient (Wildman–Crippen LogP) is 4.87. The van der Waals surface area contributed by atoms with Crippen LogP contribution in [0.2, 0.25) is 0 Å². The van der Waals surface area contributed by atoms with Crippen molar-refractivity contribution in [2.75, 3.05) is 5.32 Å². The molecule has 2 aromatic carbocycles. The highest BCUT2D eigenvalue weighted by Crippen LogP contribution is 2.23. The molecule has 0 fully saturated rings. The topological polar surface area (TPSA) is 46.4 Å². The van der Waals surface area contributed by atoms with Gasteiger partial charge in [-0.25, -0.2) is 4.98 Å². The largest absolute Gasteiger partial charge is 0.322 e. The van der Waals surface area contributed by atoms with Gasteiger partial charge in [-0.05, 0) is 49.7 Å². The van der Waals surface area contributed by atoms with E-state index < -0.39 is 0 Å². The molecule has 0 saturated carbocycles. The van der Waals surface area contributed by atoms with Crippen molar-refractivity contribution in [1.29, 1.82) is 0 Å². The monoisotopic (exact) mass is 341 g/mol. The van der Waals surface area contributed by atoms with Gasteiger partial charge in [-0.15, -0.1) is 0 Å². The fourth-order valence-electron chi connectivity index (χ4n) is 3.01. The summed E-state index contributed by atoms with van der Waals surface area (Å²) in [4.78, 5) is 17.3. The number of amides is 1. The Bertz CT molecular complexity index is 1080. The first kappa shape index (κ1) is 16.1. The molecule has 4 rings (SSSR count). The van der Waals surface area contributed by atoms with Gasteiger partial charge in [-0.2, -0.15) is 0 Å². The normalized spacial score (nSPS) is 10.8. The van der Waals surface area contributed by atoms with E-state index in [1.54, 1.807) is 0 Å². The molecule has 1 N–H and O–H groups in total. The zero-order valence-corrected chi connectivity index (χ0v) is 14.7. The molecule has 1 amide bonds. The lowest BCUT2D eigenvalue weighted by Gasteiger charge is -2.09. The molecule has 0 aliphatic rings. The van der Waals surface area contributed by atoms with E-state index in [0.29, 0.717) is 5.56 Å².